The van der Waals surface area contributed by atoms with E-state index in [2.05, 4.69) is 39.6 Å². The fourth-order valence-corrected chi connectivity index (χ4v) is 3.62. The lowest BCUT2D eigenvalue weighted by Crippen LogP contribution is -2.50. The van der Waals surface area contributed by atoms with Crippen molar-refractivity contribution in [2.24, 2.45) is 10.9 Å². The van der Waals surface area contributed by atoms with E-state index in [-0.39, 0.29) is 18.1 Å². The Morgan fingerprint density at radius 2 is 1.97 bits per heavy atom. The molecule has 9 nitrogen and oxygen atoms in total. The molecule has 1 fully saturated rings. The van der Waals surface area contributed by atoms with E-state index in [1.54, 1.807) is 0 Å². The summed E-state index contributed by atoms with van der Waals surface area (Å²) in [6.07, 6.45) is 3.44. The fourth-order valence-electron chi connectivity index (χ4n) is 3.62. The number of piperidine rings is 1. The molecule has 0 aliphatic carbocycles. The van der Waals surface area contributed by atoms with Crippen molar-refractivity contribution < 1.29 is 14.1 Å². The van der Waals surface area contributed by atoms with E-state index in [9.17, 15) is 4.79 Å². The van der Waals surface area contributed by atoms with Crippen LogP contribution in [-0.2, 0) is 16.1 Å². The second kappa shape index (κ2) is 12.5. The largest absolute Gasteiger partial charge is 0.371 e. The van der Waals surface area contributed by atoms with Crippen molar-refractivity contribution in [3.63, 3.8) is 0 Å². The number of nitrogens with zero attached hydrogens (tertiary/aromatic N) is 4. The van der Waals surface area contributed by atoms with Gasteiger partial charge in [0.1, 0.15) is 12.6 Å². The first-order valence-electron chi connectivity index (χ1n) is 11.3. The smallest absolute Gasteiger partial charge is 0.248 e. The summed E-state index contributed by atoms with van der Waals surface area (Å²) in [7, 11) is 0. The van der Waals surface area contributed by atoms with Gasteiger partial charge in [-0.15, -0.1) is 0 Å². The van der Waals surface area contributed by atoms with E-state index in [4.69, 9.17) is 9.26 Å². The first-order chi connectivity index (χ1) is 14.5. The van der Waals surface area contributed by atoms with Gasteiger partial charge < -0.3 is 24.8 Å². The van der Waals surface area contributed by atoms with Gasteiger partial charge in [0.2, 0.25) is 11.8 Å². The third kappa shape index (κ3) is 6.97. The molecule has 2 heterocycles. The number of ether oxygens (including phenoxy) is 1. The summed E-state index contributed by atoms with van der Waals surface area (Å²) in [6, 6.07) is 0.282. The van der Waals surface area contributed by atoms with Crippen molar-refractivity contribution in [3.8, 4) is 0 Å². The first kappa shape index (κ1) is 24.1. The number of hydrogen-bond acceptors (Lipinski definition) is 6. The molecule has 0 bridgehead atoms. The number of hydrogen-bond donors (Lipinski definition) is 2. The number of amides is 1. The van der Waals surface area contributed by atoms with E-state index >= 15 is 0 Å². The molecule has 1 atom stereocenters. The van der Waals surface area contributed by atoms with E-state index in [1.807, 2.05) is 25.7 Å². The standard InChI is InChI=1S/C21H38N6O3/c1-6-16(7-2)20(28)27-12-10-17(11-13-27)24-21(22-8-3)23-14-18-25-19(26-30-18)15(5)29-9-4/h15-17H,6-14H2,1-5H3,(H2,22,23,24). The number of nitrogens with one attached hydrogen (secondary N) is 2. The van der Waals surface area contributed by atoms with Crippen molar-refractivity contribution in [1.82, 2.24) is 25.7 Å². The lowest BCUT2D eigenvalue weighted by molar-refractivity contribution is -0.136. The highest BCUT2D eigenvalue weighted by molar-refractivity contribution is 5.80. The summed E-state index contributed by atoms with van der Waals surface area (Å²) >= 11 is 0. The lowest BCUT2D eigenvalue weighted by Gasteiger charge is -2.34. The Hall–Kier alpha value is -2.16. The average molecular weight is 423 g/mol. The Labute approximate surface area is 180 Å². The van der Waals surface area contributed by atoms with Crippen LogP contribution in [0.1, 0.15) is 78.1 Å². The van der Waals surface area contributed by atoms with Gasteiger partial charge in [-0.05, 0) is 46.5 Å². The number of carbonyl (C=O) groups is 1. The van der Waals surface area contributed by atoms with Crippen molar-refractivity contribution >= 4 is 11.9 Å². The topological polar surface area (TPSA) is 105 Å². The predicted molar refractivity (Wildman–Crippen MR) is 116 cm³/mol. The highest BCUT2D eigenvalue weighted by Crippen LogP contribution is 2.17. The summed E-state index contributed by atoms with van der Waals surface area (Å²) in [5.74, 6) is 2.17. The summed E-state index contributed by atoms with van der Waals surface area (Å²) in [4.78, 5) is 23.5. The molecule has 30 heavy (non-hydrogen) atoms. The van der Waals surface area contributed by atoms with Crippen LogP contribution in [0.15, 0.2) is 9.52 Å². The zero-order chi connectivity index (χ0) is 21.9. The summed E-state index contributed by atoms with van der Waals surface area (Å²) < 4.78 is 10.8. The molecule has 1 aliphatic rings. The minimum Gasteiger partial charge on any atom is -0.371 e. The van der Waals surface area contributed by atoms with E-state index in [0.717, 1.165) is 51.3 Å². The molecule has 0 saturated carbocycles. The fraction of sp³-hybridized carbons (Fsp3) is 0.810. The van der Waals surface area contributed by atoms with Gasteiger partial charge in [-0.1, -0.05) is 19.0 Å². The molecule has 1 aromatic rings. The number of guanidine groups is 1. The monoisotopic (exact) mass is 422 g/mol. The number of rotatable bonds is 10. The molecule has 1 aliphatic heterocycles. The predicted octanol–water partition coefficient (Wildman–Crippen LogP) is 2.65. The number of aliphatic imine (C=N–C) groups is 1. The molecule has 1 saturated heterocycles. The van der Waals surface area contributed by atoms with Gasteiger partial charge in [0, 0.05) is 38.2 Å². The maximum atomic E-state index is 12.6. The van der Waals surface area contributed by atoms with Crippen LogP contribution in [0.3, 0.4) is 0 Å². The van der Waals surface area contributed by atoms with Gasteiger partial charge in [-0.25, -0.2) is 4.99 Å². The molecular formula is C21H38N6O3. The minimum atomic E-state index is -0.198. The minimum absolute atomic E-state index is 0.151. The van der Waals surface area contributed by atoms with Crippen LogP contribution in [0.25, 0.3) is 0 Å². The Morgan fingerprint density at radius 1 is 1.27 bits per heavy atom. The molecule has 0 radical (unpaired) electrons. The Kier molecular flexibility index (Phi) is 10.1. The maximum Gasteiger partial charge on any atom is 0.248 e. The second-order valence-electron chi connectivity index (χ2n) is 7.60. The normalized spacial score (nSPS) is 16.7. The van der Waals surface area contributed by atoms with Crippen molar-refractivity contribution in [3.05, 3.63) is 11.7 Å². The highest BCUT2D eigenvalue weighted by Gasteiger charge is 2.26. The maximum absolute atomic E-state index is 12.6. The third-order valence-corrected chi connectivity index (χ3v) is 5.46. The molecule has 1 amide bonds. The third-order valence-electron chi connectivity index (χ3n) is 5.46. The van der Waals surface area contributed by atoms with Crippen LogP contribution in [0, 0.1) is 5.92 Å². The van der Waals surface area contributed by atoms with Crippen LogP contribution in [0.2, 0.25) is 0 Å². The molecule has 2 rings (SSSR count). The quantitative estimate of drug-likeness (QED) is 0.441. The Balaban J connectivity index is 1.88. The van der Waals surface area contributed by atoms with E-state index in [1.165, 1.54) is 0 Å². The van der Waals surface area contributed by atoms with E-state index < -0.39 is 0 Å². The lowest BCUT2D eigenvalue weighted by atomic mass is 9.98. The van der Waals surface area contributed by atoms with Crippen LogP contribution < -0.4 is 10.6 Å². The van der Waals surface area contributed by atoms with Crippen molar-refractivity contribution in [2.75, 3.05) is 26.2 Å². The molecule has 9 heteroatoms. The van der Waals surface area contributed by atoms with Gasteiger partial charge in [-0.2, -0.15) is 4.98 Å². The van der Waals surface area contributed by atoms with Gasteiger partial charge in [0.25, 0.3) is 0 Å². The van der Waals surface area contributed by atoms with Gasteiger partial charge >= 0.3 is 0 Å². The summed E-state index contributed by atoms with van der Waals surface area (Å²) in [6.45, 7) is 13.3. The van der Waals surface area contributed by atoms with Gasteiger partial charge in [0.05, 0.1) is 0 Å². The van der Waals surface area contributed by atoms with Crippen LogP contribution >= 0.6 is 0 Å². The SMILES string of the molecule is CCNC(=NCc1nc(C(C)OCC)no1)NC1CCN(C(=O)C(CC)CC)CC1. The van der Waals surface area contributed by atoms with Crippen molar-refractivity contribution in [1.29, 1.82) is 0 Å². The van der Waals surface area contributed by atoms with Gasteiger partial charge in [0.15, 0.2) is 11.8 Å². The van der Waals surface area contributed by atoms with Crippen LogP contribution in [0.5, 0.6) is 0 Å². The molecular weight excluding hydrogens is 384 g/mol. The number of likely N-dealkylation sites (tertiary alicyclic amines) is 1. The summed E-state index contributed by atoms with van der Waals surface area (Å²) in [5, 5.41) is 10.7. The molecule has 0 spiro atoms. The molecule has 2 N–H and O–H groups in total. The van der Waals surface area contributed by atoms with Crippen LogP contribution in [0.4, 0.5) is 0 Å². The zero-order valence-electron chi connectivity index (χ0n) is 19.1. The van der Waals surface area contributed by atoms with Gasteiger partial charge in [-0.3, -0.25) is 4.79 Å². The Morgan fingerprint density at radius 3 is 2.57 bits per heavy atom. The molecule has 170 valence electrons. The van der Waals surface area contributed by atoms with Crippen molar-refractivity contribution in [2.45, 2.75) is 79.0 Å². The number of aromatic nitrogens is 2. The molecule has 1 aromatic heterocycles. The average Bonchev–Trinajstić information content (AvgIpc) is 3.23. The van der Waals surface area contributed by atoms with Crippen LogP contribution in [-0.4, -0.2) is 59.2 Å². The van der Waals surface area contributed by atoms with E-state index in [0.29, 0.717) is 30.8 Å². The molecule has 0 aromatic carbocycles. The molecule has 1 unspecified atom stereocenters. The first-order valence-corrected chi connectivity index (χ1v) is 11.3. The highest BCUT2D eigenvalue weighted by atomic mass is 16.5. The second-order valence-corrected chi connectivity index (χ2v) is 7.60. The summed E-state index contributed by atoms with van der Waals surface area (Å²) in [5.41, 5.74) is 0. The Bertz CT molecular complexity index is 665. The number of carbonyl (C=O) groups excluding carboxylic acids is 1. The zero-order valence-corrected chi connectivity index (χ0v) is 19.1.